The van der Waals surface area contributed by atoms with Crippen molar-refractivity contribution in [3.8, 4) is 5.75 Å². The van der Waals surface area contributed by atoms with Gasteiger partial charge in [0.1, 0.15) is 10.9 Å². The zero-order chi connectivity index (χ0) is 19.1. The van der Waals surface area contributed by atoms with Crippen LogP contribution in [0.4, 0.5) is 0 Å². The van der Waals surface area contributed by atoms with Gasteiger partial charge in [0, 0.05) is 17.6 Å². The Hall–Kier alpha value is -1.73. The molecule has 0 unspecified atom stereocenters. The maximum atomic E-state index is 11.9. The lowest BCUT2D eigenvalue weighted by Crippen LogP contribution is -2.41. The van der Waals surface area contributed by atoms with Gasteiger partial charge in [-0.15, -0.1) is 0 Å². The number of carbonyl (C=O) groups is 2. The molecular formula is C16H13Cl4N3O3. The summed E-state index contributed by atoms with van der Waals surface area (Å²) in [5.74, 6) is -0.456. The Bertz CT molecular complexity index is 817. The van der Waals surface area contributed by atoms with Crippen LogP contribution in [0.1, 0.15) is 23.2 Å². The van der Waals surface area contributed by atoms with Crippen LogP contribution < -0.4 is 15.6 Å². The lowest BCUT2D eigenvalue weighted by atomic mass is 10.3. The summed E-state index contributed by atoms with van der Waals surface area (Å²) in [5, 5.41) is 1.13. The van der Waals surface area contributed by atoms with Crippen LogP contribution in [0.2, 0.25) is 20.2 Å². The topological polar surface area (TPSA) is 80.3 Å². The van der Waals surface area contributed by atoms with Crippen molar-refractivity contribution in [3.05, 3.63) is 56.2 Å². The summed E-state index contributed by atoms with van der Waals surface area (Å²) in [6.45, 7) is 0.277. The summed E-state index contributed by atoms with van der Waals surface area (Å²) in [5.41, 5.74) is 4.72. The van der Waals surface area contributed by atoms with Gasteiger partial charge < -0.3 is 4.74 Å². The van der Waals surface area contributed by atoms with E-state index in [1.165, 1.54) is 12.3 Å². The van der Waals surface area contributed by atoms with Crippen molar-refractivity contribution in [2.24, 2.45) is 0 Å². The van der Waals surface area contributed by atoms with Crippen molar-refractivity contribution in [1.29, 1.82) is 0 Å². The van der Waals surface area contributed by atoms with Crippen LogP contribution in [-0.2, 0) is 4.79 Å². The average Bonchev–Trinajstić information content (AvgIpc) is 2.60. The fraction of sp³-hybridized carbons (Fsp3) is 0.188. The highest BCUT2D eigenvalue weighted by Crippen LogP contribution is 2.27. The second-order valence-electron chi connectivity index (χ2n) is 5.03. The van der Waals surface area contributed by atoms with Gasteiger partial charge >= 0.3 is 0 Å². The highest BCUT2D eigenvalue weighted by atomic mass is 35.5. The zero-order valence-electron chi connectivity index (χ0n) is 13.2. The standard InChI is InChI=1S/C16H13Cl4N3O3/c17-10-3-4-13(11(18)7-10)26-5-1-2-14(24)22-23-16(25)9-6-12(19)15(20)21-8-9/h3-4,6-8H,1-2,5H2,(H,22,24)(H,23,25). The molecule has 2 aromatic rings. The number of aromatic nitrogens is 1. The molecule has 2 amide bonds. The number of benzene rings is 1. The van der Waals surface area contributed by atoms with Gasteiger partial charge in [-0.25, -0.2) is 4.98 Å². The second-order valence-corrected chi connectivity index (χ2v) is 6.63. The number of nitrogens with one attached hydrogen (secondary N) is 2. The first-order valence-electron chi connectivity index (χ1n) is 7.35. The molecule has 0 saturated carbocycles. The van der Waals surface area contributed by atoms with E-state index in [1.54, 1.807) is 18.2 Å². The van der Waals surface area contributed by atoms with Gasteiger partial charge in [-0.2, -0.15) is 0 Å². The number of hydrogen-bond acceptors (Lipinski definition) is 4. The number of ether oxygens (including phenoxy) is 1. The van der Waals surface area contributed by atoms with Crippen LogP contribution in [0.3, 0.4) is 0 Å². The summed E-state index contributed by atoms with van der Waals surface area (Å²) in [4.78, 5) is 27.4. The Morgan fingerprint density at radius 3 is 2.50 bits per heavy atom. The molecule has 10 heteroatoms. The SMILES string of the molecule is O=C(CCCOc1ccc(Cl)cc1Cl)NNC(=O)c1cnc(Cl)c(Cl)c1. The number of pyridine rings is 1. The largest absolute Gasteiger partial charge is 0.492 e. The van der Waals surface area contributed by atoms with Crippen LogP contribution in [0.25, 0.3) is 0 Å². The Labute approximate surface area is 169 Å². The van der Waals surface area contributed by atoms with Gasteiger partial charge in [-0.05, 0) is 30.7 Å². The fourth-order valence-electron chi connectivity index (χ4n) is 1.81. The Kier molecular flexibility index (Phi) is 7.78. The average molecular weight is 437 g/mol. The van der Waals surface area contributed by atoms with E-state index < -0.39 is 5.91 Å². The lowest BCUT2D eigenvalue weighted by molar-refractivity contribution is -0.122. The van der Waals surface area contributed by atoms with E-state index in [2.05, 4.69) is 15.8 Å². The molecule has 1 heterocycles. The van der Waals surface area contributed by atoms with Crippen LogP contribution in [-0.4, -0.2) is 23.4 Å². The summed E-state index contributed by atoms with van der Waals surface area (Å²) < 4.78 is 5.47. The van der Waals surface area contributed by atoms with Gasteiger partial charge in [0.25, 0.3) is 5.91 Å². The second kappa shape index (κ2) is 9.83. The van der Waals surface area contributed by atoms with Gasteiger partial charge in [0.15, 0.2) is 0 Å². The molecule has 0 aliphatic carbocycles. The molecule has 138 valence electrons. The molecule has 0 spiro atoms. The highest BCUT2D eigenvalue weighted by Gasteiger charge is 2.10. The molecule has 0 aliphatic heterocycles. The van der Waals surface area contributed by atoms with E-state index in [0.29, 0.717) is 22.2 Å². The number of carbonyl (C=O) groups excluding carboxylic acids is 2. The van der Waals surface area contributed by atoms with E-state index in [4.69, 9.17) is 51.1 Å². The molecule has 1 aromatic heterocycles. The van der Waals surface area contributed by atoms with E-state index in [1.807, 2.05) is 0 Å². The first-order valence-corrected chi connectivity index (χ1v) is 8.86. The smallest absolute Gasteiger partial charge is 0.271 e. The Morgan fingerprint density at radius 2 is 1.81 bits per heavy atom. The van der Waals surface area contributed by atoms with E-state index in [9.17, 15) is 9.59 Å². The van der Waals surface area contributed by atoms with Crippen molar-refractivity contribution in [2.45, 2.75) is 12.8 Å². The van der Waals surface area contributed by atoms with Crippen LogP contribution in [0.5, 0.6) is 5.75 Å². The summed E-state index contributed by atoms with van der Waals surface area (Å²) in [6, 6.07) is 6.22. The van der Waals surface area contributed by atoms with Gasteiger partial charge in [-0.1, -0.05) is 46.4 Å². The number of hydrazine groups is 1. The molecule has 2 N–H and O–H groups in total. The van der Waals surface area contributed by atoms with Crippen molar-refractivity contribution in [1.82, 2.24) is 15.8 Å². The van der Waals surface area contributed by atoms with Gasteiger partial charge in [-0.3, -0.25) is 20.4 Å². The van der Waals surface area contributed by atoms with E-state index >= 15 is 0 Å². The number of halogens is 4. The summed E-state index contributed by atoms with van der Waals surface area (Å²) in [7, 11) is 0. The molecule has 26 heavy (non-hydrogen) atoms. The Morgan fingerprint density at radius 1 is 1.04 bits per heavy atom. The maximum Gasteiger partial charge on any atom is 0.271 e. The van der Waals surface area contributed by atoms with Crippen molar-refractivity contribution in [2.75, 3.05) is 6.61 Å². The van der Waals surface area contributed by atoms with E-state index in [-0.39, 0.29) is 34.7 Å². The third-order valence-electron chi connectivity index (χ3n) is 3.07. The van der Waals surface area contributed by atoms with Crippen LogP contribution in [0.15, 0.2) is 30.5 Å². The molecule has 0 bridgehead atoms. The molecule has 0 fully saturated rings. The minimum Gasteiger partial charge on any atom is -0.492 e. The molecule has 0 aliphatic rings. The van der Waals surface area contributed by atoms with Crippen molar-refractivity contribution < 1.29 is 14.3 Å². The van der Waals surface area contributed by atoms with Crippen LogP contribution >= 0.6 is 46.4 Å². The van der Waals surface area contributed by atoms with Crippen molar-refractivity contribution in [3.63, 3.8) is 0 Å². The predicted octanol–water partition coefficient (Wildman–Crippen LogP) is 4.32. The quantitative estimate of drug-likeness (QED) is 0.401. The molecule has 0 atom stereocenters. The molecule has 0 radical (unpaired) electrons. The maximum absolute atomic E-state index is 11.9. The number of nitrogens with zero attached hydrogens (tertiary/aromatic N) is 1. The number of hydrogen-bond donors (Lipinski definition) is 2. The molecule has 6 nitrogen and oxygen atoms in total. The lowest BCUT2D eigenvalue weighted by Gasteiger charge is -2.09. The minimum absolute atomic E-state index is 0.0908. The molecular weight excluding hydrogens is 424 g/mol. The first kappa shape index (κ1) is 20.6. The van der Waals surface area contributed by atoms with Gasteiger partial charge in [0.05, 0.1) is 22.2 Å². The summed E-state index contributed by atoms with van der Waals surface area (Å²) >= 11 is 23.2. The third kappa shape index (κ3) is 6.21. The van der Waals surface area contributed by atoms with Gasteiger partial charge in [0.2, 0.25) is 5.91 Å². The number of amides is 2. The predicted molar refractivity (Wildman–Crippen MR) is 101 cm³/mol. The summed E-state index contributed by atoms with van der Waals surface area (Å²) in [6.07, 6.45) is 1.82. The zero-order valence-corrected chi connectivity index (χ0v) is 16.2. The molecule has 0 saturated heterocycles. The fourth-order valence-corrected chi connectivity index (χ4v) is 2.55. The van der Waals surface area contributed by atoms with E-state index in [0.717, 1.165) is 0 Å². The molecule has 1 aromatic carbocycles. The number of rotatable bonds is 6. The minimum atomic E-state index is -0.561. The normalized spacial score (nSPS) is 10.3. The first-order chi connectivity index (χ1) is 12.4. The monoisotopic (exact) mass is 435 g/mol. The highest BCUT2D eigenvalue weighted by molar-refractivity contribution is 6.41. The van der Waals surface area contributed by atoms with Crippen LogP contribution in [0, 0.1) is 0 Å². The molecule has 2 rings (SSSR count). The van der Waals surface area contributed by atoms with Crippen molar-refractivity contribution >= 4 is 58.2 Å². The Balaban J connectivity index is 1.70. The third-order valence-corrected chi connectivity index (χ3v) is 4.29.